The number of hydrogen-bond acceptors (Lipinski definition) is 5. The highest BCUT2D eigenvalue weighted by Gasteiger charge is 2.44. The summed E-state index contributed by atoms with van der Waals surface area (Å²) in [6.45, 7) is 2.39. The van der Waals surface area contributed by atoms with Gasteiger partial charge >= 0.3 is 0 Å². The second-order valence-electron chi connectivity index (χ2n) is 5.99. The van der Waals surface area contributed by atoms with Crippen molar-refractivity contribution >= 4 is 17.2 Å². The Hall–Kier alpha value is -2.47. The van der Waals surface area contributed by atoms with Crippen molar-refractivity contribution in [2.24, 2.45) is 0 Å². The number of aromatic nitrogens is 2. The first-order valence-electron chi connectivity index (χ1n) is 7.93. The Morgan fingerprint density at radius 2 is 2.08 bits per heavy atom. The van der Waals surface area contributed by atoms with Crippen LogP contribution in [0.5, 0.6) is 0 Å². The minimum Gasteiger partial charge on any atom is -0.345 e. The number of aryl methyl sites for hydroxylation is 1. The van der Waals surface area contributed by atoms with Gasteiger partial charge in [0.2, 0.25) is 5.89 Å². The maximum atomic E-state index is 12.0. The summed E-state index contributed by atoms with van der Waals surface area (Å²) in [5, 5.41) is 6.79. The van der Waals surface area contributed by atoms with Crippen molar-refractivity contribution in [2.75, 3.05) is 0 Å². The molecule has 1 saturated carbocycles. The summed E-state index contributed by atoms with van der Waals surface area (Å²) in [7, 11) is 0. The van der Waals surface area contributed by atoms with Crippen LogP contribution in [0.1, 0.15) is 50.1 Å². The number of nitrogens with one attached hydrogen (secondary N) is 1. The van der Waals surface area contributed by atoms with Crippen LogP contribution in [0.3, 0.4) is 0 Å². The zero-order valence-corrected chi connectivity index (χ0v) is 14.0. The molecule has 0 bridgehead atoms. The summed E-state index contributed by atoms with van der Waals surface area (Å²) in [6.07, 6.45) is 1.05. The van der Waals surface area contributed by atoms with Crippen molar-refractivity contribution in [3.8, 4) is 0 Å². The van der Waals surface area contributed by atoms with Crippen molar-refractivity contribution < 1.29 is 9.32 Å². The van der Waals surface area contributed by atoms with E-state index >= 15 is 0 Å². The first kappa shape index (κ1) is 15.1. The van der Waals surface area contributed by atoms with Gasteiger partial charge in [-0.3, -0.25) is 4.79 Å². The zero-order valence-electron chi connectivity index (χ0n) is 13.2. The van der Waals surface area contributed by atoms with Crippen molar-refractivity contribution in [1.82, 2.24) is 15.5 Å². The van der Waals surface area contributed by atoms with Gasteiger partial charge in [0.25, 0.3) is 5.91 Å². The van der Waals surface area contributed by atoms with Gasteiger partial charge in [-0.1, -0.05) is 23.4 Å². The highest BCUT2D eigenvalue weighted by Crippen LogP contribution is 2.55. The molecule has 2 heterocycles. The van der Waals surface area contributed by atoms with E-state index in [4.69, 9.17) is 4.52 Å². The number of amides is 1. The summed E-state index contributed by atoms with van der Waals surface area (Å²) in [5.74, 6) is 1.86. The van der Waals surface area contributed by atoms with Crippen LogP contribution in [0.25, 0.3) is 0 Å². The summed E-state index contributed by atoms with van der Waals surface area (Å²) in [4.78, 5) is 19.2. The third-order valence-corrected chi connectivity index (χ3v) is 5.29. The van der Waals surface area contributed by atoms with Crippen molar-refractivity contribution in [3.05, 3.63) is 69.5 Å². The monoisotopic (exact) mass is 339 g/mol. The fourth-order valence-corrected chi connectivity index (χ4v) is 3.83. The van der Waals surface area contributed by atoms with E-state index in [1.807, 2.05) is 29.5 Å². The molecule has 0 radical (unpaired) electrons. The van der Waals surface area contributed by atoms with Crippen molar-refractivity contribution in [1.29, 1.82) is 0 Å². The standard InChI is InChI=1S/C18H17N3O2S/c1-11-7-8-15(24-11)13-9-14(13)18-20-16(21-23-18)10-19-17(22)12-5-3-2-4-6-12/h2-8,13-14H,9-10H2,1H3,(H,19,22)/t13-,14+/m0/s1. The van der Waals surface area contributed by atoms with E-state index in [0.717, 1.165) is 6.42 Å². The van der Waals surface area contributed by atoms with Crippen LogP contribution in [0.15, 0.2) is 47.0 Å². The van der Waals surface area contributed by atoms with Gasteiger partial charge in [-0.2, -0.15) is 4.98 Å². The van der Waals surface area contributed by atoms with E-state index < -0.39 is 0 Å². The van der Waals surface area contributed by atoms with Gasteiger partial charge in [-0.25, -0.2) is 0 Å². The van der Waals surface area contributed by atoms with E-state index in [2.05, 4.69) is 34.5 Å². The molecule has 0 saturated heterocycles. The van der Waals surface area contributed by atoms with Crippen LogP contribution >= 0.6 is 11.3 Å². The fraction of sp³-hybridized carbons (Fsp3) is 0.278. The van der Waals surface area contributed by atoms with E-state index in [1.54, 1.807) is 12.1 Å². The molecule has 2 atom stereocenters. The topological polar surface area (TPSA) is 68.0 Å². The van der Waals surface area contributed by atoms with Crippen molar-refractivity contribution in [3.63, 3.8) is 0 Å². The quantitative estimate of drug-likeness (QED) is 0.770. The molecule has 1 amide bonds. The Labute approximate surface area is 143 Å². The maximum Gasteiger partial charge on any atom is 0.251 e. The molecule has 122 valence electrons. The predicted molar refractivity (Wildman–Crippen MR) is 91.1 cm³/mol. The molecule has 24 heavy (non-hydrogen) atoms. The van der Waals surface area contributed by atoms with E-state index in [1.165, 1.54) is 9.75 Å². The average molecular weight is 339 g/mol. The first-order valence-corrected chi connectivity index (χ1v) is 8.74. The number of hydrogen-bond donors (Lipinski definition) is 1. The third-order valence-electron chi connectivity index (χ3n) is 4.16. The van der Waals surface area contributed by atoms with E-state index in [-0.39, 0.29) is 12.5 Å². The molecular formula is C18H17N3O2S. The van der Waals surface area contributed by atoms with Gasteiger partial charge in [0.15, 0.2) is 5.82 Å². The Kier molecular flexibility index (Phi) is 3.90. The molecule has 1 N–H and O–H groups in total. The van der Waals surface area contributed by atoms with Crippen molar-refractivity contribution in [2.45, 2.75) is 31.7 Å². The van der Waals surface area contributed by atoms with E-state index in [9.17, 15) is 4.79 Å². The molecule has 0 aliphatic heterocycles. The molecule has 4 rings (SSSR count). The molecule has 0 spiro atoms. The number of carbonyl (C=O) groups is 1. The number of thiophene rings is 1. The van der Waals surface area contributed by atoms with E-state index in [0.29, 0.717) is 29.1 Å². The lowest BCUT2D eigenvalue weighted by Gasteiger charge is -2.01. The average Bonchev–Trinajstić information content (AvgIpc) is 3.05. The lowest BCUT2D eigenvalue weighted by molar-refractivity contribution is 0.0949. The van der Waals surface area contributed by atoms with Crippen LogP contribution in [0.2, 0.25) is 0 Å². The van der Waals surface area contributed by atoms with Gasteiger partial charge < -0.3 is 9.84 Å². The van der Waals surface area contributed by atoms with Crippen LogP contribution < -0.4 is 5.32 Å². The summed E-state index contributed by atoms with van der Waals surface area (Å²) in [5.41, 5.74) is 0.622. The first-order chi connectivity index (χ1) is 11.7. The summed E-state index contributed by atoms with van der Waals surface area (Å²) < 4.78 is 5.38. The second kappa shape index (κ2) is 6.20. The molecular weight excluding hydrogens is 322 g/mol. The molecule has 1 aliphatic rings. The third kappa shape index (κ3) is 3.10. The largest absolute Gasteiger partial charge is 0.345 e. The summed E-state index contributed by atoms with van der Waals surface area (Å²) >= 11 is 1.83. The van der Waals surface area contributed by atoms with Crippen LogP contribution in [0.4, 0.5) is 0 Å². The SMILES string of the molecule is Cc1ccc([C@H]2C[C@H]2c2nc(CNC(=O)c3ccccc3)no2)s1. The molecule has 3 aromatic rings. The minimum atomic E-state index is -0.139. The predicted octanol–water partition coefficient (Wildman–Crippen LogP) is 3.64. The van der Waals surface area contributed by atoms with Gasteiger partial charge in [0.1, 0.15) is 0 Å². The van der Waals surface area contributed by atoms with Gasteiger partial charge in [0.05, 0.1) is 6.54 Å². The number of rotatable bonds is 5. The van der Waals surface area contributed by atoms with Gasteiger partial charge in [-0.15, -0.1) is 11.3 Å². The Bertz CT molecular complexity index is 856. The number of carbonyl (C=O) groups excluding carboxylic acids is 1. The highest BCUT2D eigenvalue weighted by molar-refractivity contribution is 7.12. The fourth-order valence-electron chi connectivity index (χ4n) is 2.78. The smallest absolute Gasteiger partial charge is 0.251 e. The highest BCUT2D eigenvalue weighted by atomic mass is 32.1. The van der Waals surface area contributed by atoms with Crippen LogP contribution in [0, 0.1) is 6.92 Å². The number of nitrogens with zero attached hydrogens (tertiary/aromatic N) is 2. The van der Waals surface area contributed by atoms with Crippen LogP contribution in [-0.2, 0) is 6.54 Å². The van der Waals surface area contributed by atoms with Crippen LogP contribution in [-0.4, -0.2) is 16.0 Å². The molecule has 5 nitrogen and oxygen atoms in total. The Morgan fingerprint density at radius 1 is 1.25 bits per heavy atom. The normalized spacial score (nSPS) is 19.2. The molecule has 1 fully saturated rings. The zero-order chi connectivity index (χ0) is 16.5. The summed E-state index contributed by atoms with van der Waals surface area (Å²) in [6, 6.07) is 13.4. The maximum absolute atomic E-state index is 12.0. The lowest BCUT2D eigenvalue weighted by atomic mass is 10.2. The minimum absolute atomic E-state index is 0.139. The molecule has 1 aliphatic carbocycles. The Morgan fingerprint density at radius 3 is 2.83 bits per heavy atom. The molecule has 1 aromatic carbocycles. The number of benzene rings is 1. The molecule has 2 aromatic heterocycles. The van der Waals surface area contributed by atoms with Gasteiger partial charge in [0, 0.05) is 27.2 Å². The molecule has 6 heteroatoms. The Balaban J connectivity index is 1.35. The second-order valence-corrected chi connectivity index (χ2v) is 7.31. The molecule has 0 unspecified atom stereocenters. The van der Waals surface area contributed by atoms with Gasteiger partial charge in [-0.05, 0) is 37.6 Å². The lowest BCUT2D eigenvalue weighted by Crippen LogP contribution is -2.23.